The number of aliphatic carboxylic acids is 1. The zero-order valence-electron chi connectivity index (χ0n) is 7.61. The molecule has 0 aliphatic heterocycles. The first kappa shape index (κ1) is 10.2. The molecule has 0 atom stereocenters. The maximum Gasteiger partial charge on any atom is 0.337 e. The van der Waals surface area contributed by atoms with Gasteiger partial charge in [0.05, 0.1) is 10.5 Å². The Balaban J connectivity index is 3.17. The molecular weight excluding hydrogens is 188 g/mol. The Kier molecular flexibility index (Phi) is 2.85. The Hall–Kier alpha value is -1.85. The van der Waals surface area contributed by atoms with Crippen molar-refractivity contribution >= 4 is 5.97 Å². The standard InChI is InChI=1S/C8H10N2O4/c1-9-7-5(8(11)12)3-2-4-6(7)10(13)14/h3,9H,2,4H2,1H3,(H,11,12). The number of hydrogen-bond donors (Lipinski definition) is 2. The van der Waals surface area contributed by atoms with E-state index in [0.717, 1.165) is 0 Å². The van der Waals surface area contributed by atoms with Gasteiger partial charge in [0, 0.05) is 13.5 Å². The van der Waals surface area contributed by atoms with Crippen molar-refractivity contribution in [3.05, 3.63) is 33.2 Å². The second-order valence-electron chi connectivity index (χ2n) is 2.79. The number of nitro groups is 1. The lowest BCUT2D eigenvalue weighted by Gasteiger charge is -2.13. The van der Waals surface area contributed by atoms with Crippen LogP contribution in [0.15, 0.2) is 23.0 Å². The van der Waals surface area contributed by atoms with Crippen LogP contribution in [0.5, 0.6) is 0 Å². The van der Waals surface area contributed by atoms with Crippen LogP contribution < -0.4 is 5.32 Å². The number of carbonyl (C=O) groups is 1. The molecule has 0 aromatic carbocycles. The van der Waals surface area contributed by atoms with Gasteiger partial charge in [-0.15, -0.1) is 0 Å². The van der Waals surface area contributed by atoms with Gasteiger partial charge in [0.15, 0.2) is 0 Å². The van der Waals surface area contributed by atoms with Crippen LogP contribution in [0.3, 0.4) is 0 Å². The molecule has 0 spiro atoms. The summed E-state index contributed by atoms with van der Waals surface area (Å²) >= 11 is 0. The number of rotatable bonds is 3. The summed E-state index contributed by atoms with van der Waals surface area (Å²) in [7, 11) is 1.47. The topological polar surface area (TPSA) is 92.5 Å². The molecule has 0 fully saturated rings. The fourth-order valence-electron chi connectivity index (χ4n) is 1.39. The summed E-state index contributed by atoms with van der Waals surface area (Å²) in [4.78, 5) is 20.8. The molecule has 0 saturated carbocycles. The minimum atomic E-state index is -1.14. The number of hydrogen-bond acceptors (Lipinski definition) is 4. The van der Waals surface area contributed by atoms with Crippen molar-refractivity contribution in [1.29, 1.82) is 0 Å². The second-order valence-corrected chi connectivity index (χ2v) is 2.79. The molecule has 0 bridgehead atoms. The third kappa shape index (κ3) is 1.73. The zero-order chi connectivity index (χ0) is 10.7. The average molecular weight is 198 g/mol. The van der Waals surface area contributed by atoms with Gasteiger partial charge in [0.2, 0.25) is 0 Å². The van der Waals surface area contributed by atoms with E-state index in [9.17, 15) is 14.9 Å². The van der Waals surface area contributed by atoms with Gasteiger partial charge in [0.1, 0.15) is 5.70 Å². The highest BCUT2D eigenvalue weighted by Gasteiger charge is 2.27. The number of carboxylic acids is 1. The Morgan fingerprint density at radius 3 is 2.79 bits per heavy atom. The first-order chi connectivity index (χ1) is 6.57. The van der Waals surface area contributed by atoms with E-state index in [1.807, 2.05) is 0 Å². The van der Waals surface area contributed by atoms with Crippen molar-refractivity contribution in [3.8, 4) is 0 Å². The molecule has 14 heavy (non-hydrogen) atoms. The van der Waals surface area contributed by atoms with E-state index in [4.69, 9.17) is 5.11 Å². The largest absolute Gasteiger partial charge is 0.478 e. The quantitative estimate of drug-likeness (QED) is 0.508. The van der Waals surface area contributed by atoms with E-state index in [1.165, 1.54) is 13.1 Å². The molecular formula is C8H10N2O4. The first-order valence-corrected chi connectivity index (χ1v) is 4.07. The number of nitrogens with one attached hydrogen (secondary N) is 1. The van der Waals surface area contributed by atoms with Crippen molar-refractivity contribution in [2.75, 3.05) is 7.05 Å². The van der Waals surface area contributed by atoms with E-state index >= 15 is 0 Å². The van der Waals surface area contributed by atoms with Gasteiger partial charge in [-0.05, 0) is 6.42 Å². The summed E-state index contributed by atoms with van der Waals surface area (Å²) in [6, 6.07) is 0. The van der Waals surface area contributed by atoms with Gasteiger partial charge in [-0.1, -0.05) is 6.08 Å². The van der Waals surface area contributed by atoms with Gasteiger partial charge in [0.25, 0.3) is 5.70 Å². The summed E-state index contributed by atoms with van der Waals surface area (Å²) < 4.78 is 0. The van der Waals surface area contributed by atoms with E-state index in [2.05, 4.69) is 5.32 Å². The molecule has 0 saturated heterocycles. The molecule has 1 rings (SSSR count). The highest BCUT2D eigenvalue weighted by atomic mass is 16.6. The molecule has 6 heteroatoms. The summed E-state index contributed by atoms with van der Waals surface area (Å²) in [5.74, 6) is -1.14. The maximum atomic E-state index is 10.7. The molecule has 0 heterocycles. The van der Waals surface area contributed by atoms with Crippen LogP contribution in [-0.2, 0) is 4.79 Å². The maximum absolute atomic E-state index is 10.7. The summed E-state index contributed by atoms with van der Waals surface area (Å²) in [6.45, 7) is 0. The Morgan fingerprint density at radius 2 is 2.36 bits per heavy atom. The first-order valence-electron chi connectivity index (χ1n) is 4.07. The normalized spacial score (nSPS) is 16.2. The minimum absolute atomic E-state index is 0.0227. The molecule has 1 aliphatic carbocycles. The van der Waals surface area contributed by atoms with Crippen molar-refractivity contribution in [1.82, 2.24) is 5.32 Å². The monoisotopic (exact) mass is 198 g/mol. The third-order valence-corrected chi connectivity index (χ3v) is 1.99. The fraction of sp³-hybridized carbons (Fsp3) is 0.375. The lowest BCUT2D eigenvalue weighted by atomic mass is 10.0. The summed E-state index contributed by atoms with van der Waals surface area (Å²) in [5, 5.41) is 21.9. The van der Waals surface area contributed by atoms with Crippen LogP contribution in [0.1, 0.15) is 12.8 Å². The van der Waals surface area contributed by atoms with Crippen LogP contribution in [0, 0.1) is 10.1 Å². The van der Waals surface area contributed by atoms with Crippen molar-refractivity contribution in [3.63, 3.8) is 0 Å². The molecule has 76 valence electrons. The number of carboxylic acid groups (broad SMARTS) is 1. The van der Waals surface area contributed by atoms with E-state index in [-0.39, 0.29) is 23.4 Å². The van der Waals surface area contributed by atoms with Gasteiger partial charge in [-0.25, -0.2) is 4.79 Å². The fourth-order valence-corrected chi connectivity index (χ4v) is 1.39. The summed E-state index contributed by atoms with van der Waals surface area (Å²) in [5.41, 5.74) is 0.0200. The van der Waals surface area contributed by atoms with Crippen LogP contribution in [0.25, 0.3) is 0 Å². The van der Waals surface area contributed by atoms with Gasteiger partial charge in [-0.2, -0.15) is 0 Å². The molecule has 6 nitrogen and oxygen atoms in total. The predicted molar refractivity (Wildman–Crippen MR) is 48.0 cm³/mol. The second kappa shape index (κ2) is 3.91. The molecule has 2 N–H and O–H groups in total. The average Bonchev–Trinajstić information content (AvgIpc) is 2.16. The highest BCUT2D eigenvalue weighted by molar-refractivity contribution is 5.92. The highest BCUT2D eigenvalue weighted by Crippen LogP contribution is 2.23. The molecule has 0 amide bonds. The van der Waals surface area contributed by atoms with Crippen molar-refractivity contribution < 1.29 is 14.8 Å². The van der Waals surface area contributed by atoms with Crippen LogP contribution in [0.2, 0.25) is 0 Å². The van der Waals surface area contributed by atoms with Gasteiger partial charge >= 0.3 is 5.97 Å². The third-order valence-electron chi connectivity index (χ3n) is 1.99. The lowest BCUT2D eigenvalue weighted by Crippen LogP contribution is -2.22. The molecule has 1 aliphatic rings. The van der Waals surface area contributed by atoms with E-state index in [1.54, 1.807) is 0 Å². The smallest absolute Gasteiger partial charge is 0.337 e. The SMILES string of the molecule is CNC1=C([N+](=O)[O-])CCC=C1C(=O)O. The van der Waals surface area contributed by atoms with Gasteiger partial charge in [-0.3, -0.25) is 10.1 Å². The van der Waals surface area contributed by atoms with E-state index < -0.39 is 10.9 Å². The molecule has 0 aromatic heterocycles. The van der Waals surface area contributed by atoms with Crippen LogP contribution in [0.4, 0.5) is 0 Å². The zero-order valence-corrected chi connectivity index (χ0v) is 7.61. The lowest BCUT2D eigenvalue weighted by molar-refractivity contribution is -0.429. The Labute approximate surface area is 80.1 Å². The predicted octanol–water partition coefficient (Wildman–Crippen LogP) is 0.499. The minimum Gasteiger partial charge on any atom is -0.478 e. The number of nitrogens with zero attached hydrogens (tertiary/aromatic N) is 1. The van der Waals surface area contributed by atoms with Crippen molar-refractivity contribution in [2.45, 2.75) is 12.8 Å². The Morgan fingerprint density at radius 1 is 1.71 bits per heavy atom. The number of likely N-dealkylation sites (N-methyl/N-ethyl adjacent to an activating group) is 1. The van der Waals surface area contributed by atoms with Crippen LogP contribution in [-0.4, -0.2) is 23.0 Å². The number of allylic oxidation sites excluding steroid dienone is 2. The molecule has 0 unspecified atom stereocenters. The molecule has 0 radical (unpaired) electrons. The van der Waals surface area contributed by atoms with Gasteiger partial charge < -0.3 is 10.4 Å². The summed E-state index contributed by atoms with van der Waals surface area (Å²) in [6.07, 6.45) is 2.14. The van der Waals surface area contributed by atoms with Crippen LogP contribution >= 0.6 is 0 Å². The van der Waals surface area contributed by atoms with E-state index in [0.29, 0.717) is 6.42 Å². The molecule has 0 aromatic rings. The Bertz CT molecular complexity index is 343. The van der Waals surface area contributed by atoms with Crippen molar-refractivity contribution in [2.24, 2.45) is 0 Å².